The number of carbonyl (C=O) groups excluding carboxylic acids is 1. The zero-order valence-electron chi connectivity index (χ0n) is 14.8. The van der Waals surface area contributed by atoms with Gasteiger partial charge in [0.15, 0.2) is 0 Å². The third-order valence-corrected chi connectivity index (χ3v) is 4.68. The minimum atomic E-state index is 0.0591. The quantitative estimate of drug-likeness (QED) is 0.757. The highest BCUT2D eigenvalue weighted by atomic mass is 16.5. The second kappa shape index (κ2) is 8.78. The Bertz CT molecular complexity index is 537. The predicted octanol–water partition coefficient (Wildman–Crippen LogP) is 1.89. The molecule has 134 valence electrons. The molecule has 1 aliphatic carbocycles. The highest BCUT2D eigenvalue weighted by Gasteiger charge is 2.25. The summed E-state index contributed by atoms with van der Waals surface area (Å²) in [6, 6.07) is 3.80. The fourth-order valence-electron chi connectivity index (χ4n) is 3.28. The molecule has 24 heavy (non-hydrogen) atoms. The van der Waals surface area contributed by atoms with Crippen LogP contribution in [0.2, 0.25) is 0 Å². The van der Waals surface area contributed by atoms with E-state index in [1.165, 1.54) is 0 Å². The van der Waals surface area contributed by atoms with Crippen molar-refractivity contribution in [3.63, 3.8) is 0 Å². The molecule has 0 saturated heterocycles. The number of rotatable bonds is 8. The number of nitrogens with two attached hydrogens (primary N) is 1. The Labute approximate surface area is 143 Å². The van der Waals surface area contributed by atoms with Crippen LogP contribution in [-0.2, 0) is 11.2 Å². The summed E-state index contributed by atoms with van der Waals surface area (Å²) in [6.07, 6.45) is 4.34. The van der Waals surface area contributed by atoms with Gasteiger partial charge in [-0.2, -0.15) is 0 Å². The normalized spacial score (nSPS) is 19.8. The molecule has 1 fully saturated rings. The first-order valence-corrected chi connectivity index (χ1v) is 8.40. The van der Waals surface area contributed by atoms with Crippen molar-refractivity contribution in [2.24, 2.45) is 11.7 Å². The maximum Gasteiger partial charge on any atom is 0.220 e. The lowest BCUT2D eigenvalue weighted by Crippen LogP contribution is -2.32. The molecule has 1 aliphatic rings. The molecular weight excluding hydrogens is 308 g/mol. The van der Waals surface area contributed by atoms with E-state index in [1.54, 1.807) is 21.3 Å². The highest BCUT2D eigenvalue weighted by molar-refractivity contribution is 5.76. The van der Waals surface area contributed by atoms with Crippen molar-refractivity contribution >= 4 is 5.91 Å². The van der Waals surface area contributed by atoms with Gasteiger partial charge in [-0.1, -0.05) is 6.42 Å². The zero-order valence-corrected chi connectivity index (χ0v) is 14.8. The fourth-order valence-corrected chi connectivity index (χ4v) is 3.28. The van der Waals surface area contributed by atoms with Crippen LogP contribution in [0.25, 0.3) is 0 Å². The van der Waals surface area contributed by atoms with E-state index in [1.807, 2.05) is 12.1 Å². The Balaban J connectivity index is 1.92. The number of hydrogen-bond acceptors (Lipinski definition) is 5. The number of methoxy groups -OCH3 is 3. The van der Waals surface area contributed by atoms with Gasteiger partial charge in [0.25, 0.3) is 0 Å². The summed E-state index contributed by atoms with van der Waals surface area (Å²) < 4.78 is 16.1. The summed E-state index contributed by atoms with van der Waals surface area (Å²) in [5, 5.41) is 2.97. The molecule has 1 aromatic carbocycles. The molecular formula is C18H28N2O4. The molecule has 0 bridgehead atoms. The van der Waals surface area contributed by atoms with Gasteiger partial charge < -0.3 is 25.3 Å². The summed E-state index contributed by atoms with van der Waals surface area (Å²) in [7, 11) is 4.82. The van der Waals surface area contributed by atoms with Crippen LogP contribution in [0.5, 0.6) is 17.2 Å². The summed E-state index contributed by atoms with van der Waals surface area (Å²) in [4.78, 5) is 12.1. The van der Waals surface area contributed by atoms with Crippen molar-refractivity contribution in [1.82, 2.24) is 5.32 Å². The van der Waals surface area contributed by atoms with Crippen LogP contribution < -0.4 is 25.3 Å². The van der Waals surface area contributed by atoms with Gasteiger partial charge in [0.1, 0.15) is 17.2 Å². The number of benzene rings is 1. The molecule has 0 radical (unpaired) electrons. The second-order valence-corrected chi connectivity index (χ2v) is 6.17. The van der Waals surface area contributed by atoms with Crippen molar-refractivity contribution < 1.29 is 19.0 Å². The van der Waals surface area contributed by atoms with E-state index in [0.717, 1.165) is 24.8 Å². The molecule has 0 spiro atoms. The average Bonchev–Trinajstić information content (AvgIpc) is 2.99. The molecule has 0 aliphatic heterocycles. The molecule has 2 rings (SSSR count). The first-order valence-electron chi connectivity index (χ1n) is 8.40. The van der Waals surface area contributed by atoms with E-state index in [9.17, 15) is 4.79 Å². The zero-order chi connectivity index (χ0) is 17.5. The minimum absolute atomic E-state index is 0.0591. The Morgan fingerprint density at radius 1 is 1.17 bits per heavy atom. The van der Waals surface area contributed by atoms with Crippen LogP contribution >= 0.6 is 0 Å². The summed E-state index contributed by atoms with van der Waals surface area (Å²) in [6.45, 7) is 0.528. The van der Waals surface area contributed by atoms with Crippen LogP contribution in [0.4, 0.5) is 0 Å². The number of ether oxygens (including phenoxy) is 3. The number of amides is 1. The van der Waals surface area contributed by atoms with Gasteiger partial charge in [-0.05, 0) is 25.2 Å². The van der Waals surface area contributed by atoms with Crippen molar-refractivity contribution in [1.29, 1.82) is 0 Å². The number of hydrogen-bond donors (Lipinski definition) is 2. The lowest BCUT2D eigenvalue weighted by atomic mass is 10.00. The summed E-state index contributed by atoms with van der Waals surface area (Å²) >= 11 is 0. The fraction of sp³-hybridized carbons (Fsp3) is 0.611. The van der Waals surface area contributed by atoms with E-state index in [-0.39, 0.29) is 11.9 Å². The molecule has 3 N–H and O–H groups in total. The van der Waals surface area contributed by atoms with E-state index in [0.29, 0.717) is 42.6 Å². The maximum absolute atomic E-state index is 12.1. The van der Waals surface area contributed by atoms with Crippen molar-refractivity contribution in [2.45, 2.75) is 38.1 Å². The van der Waals surface area contributed by atoms with E-state index < -0.39 is 0 Å². The van der Waals surface area contributed by atoms with Gasteiger partial charge in [-0.25, -0.2) is 0 Å². The first-order chi connectivity index (χ1) is 11.6. The highest BCUT2D eigenvalue weighted by Crippen LogP contribution is 2.34. The van der Waals surface area contributed by atoms with Gasteiger partial charge in [0.05, 0.1) is 21.3 Å². The number of nitrogens with one attached hydrogen (secondary N) is 1. The molecule has 6 heteroatoms. The van der Waals surface area contributed by atoms with E-state index >= 15 is 0 Å². The number of carbonyl (C=O) groups is 1. The van der Waals surface area contributed by atoms with Crippen LogP contribution in [-0.4, -0.2) is 39.8 Å². The van der Waals surface area contributed by atoms with Crippen molar-refractivity contribution in [2.75, 3.05) is 27.9 Å². The van der Waals surface area contributed by atoms with Crippen LogP contribution in [0, 0.1) is 5.92 Å². The summed E-state index contributed by atoms with van der Waals surface area (Å²) in [5.41, 5.74) is 6.94. The van der Waals surface area contributed by atoms with Gasteiger partial charge in [-0.15, -0.1) is 0 Å². The third-order valence-electron chi connectivity index (χ3n) is 4.68. The largest absolute Gasteiger partial charge is 0.496 e. The maximum atomic E-state index is 12.1. The van der Waals surface area contributed by atoms with Crippen molar-refractivity contribution in [3.8, 4) is 17.2 Å². The Morgan fingerprint density at radius 3 is 2.33 bits per heavy atom. The van der Waals surface area contributed by atoms with Crippen LogP contribution in [0.3, 0.4) is 0 Å². The monoisotopic (exact) mass is 336 g/mol. The first kappa shape index (κ1) is 18.4. The molecule has 1 saturated carbocycles. The molecule has 1 aromatic rings. The smallest absolute Gasteiger partial charge is 0.220 e. The minimum Gasteiger partial charge on any atom is -0.496 e. The lowest BCUT2D eigenvalue weighted by molar-refractivity contribution is -0.122. The van der Waals surface area contributed by atoms with E-state index in [2.05, 4.69) is 5.32 Å². The molecule has 6 nitrogen and oxygen atoms in total. The Hall–Kier alpha value is -1.95. The Morgan fingerprint density at radius 2 is 1.83 bits per heavy atom. The summed E-state index contributed by atoms with van der Waals surface area (Å²) in [5.74, 6) is 2.43. The SMILES string of the molecule is COc1cc(OC)c(CCNC(=O)C[C@@H]2CCC[C@H]2N)c(OC)c1. The molecule has 0 aromatic heterocycles. The second-order valence-electron chi connectivity index (χ2n) is 6.17. The van der Waals surface area contributed by atoms with E-state index in [4.69, 9.17) is 19.9 Å². The van der Waals surface area contributed by atoms with Crippen LogP contribution in [0.15, 0.2) is 12.1 Å². The van der Waals surface area contributed by atoms with Gasteiger partial charge >= 0.3 is 0 Å². The van der Waals surface area contributed by atoms with Crippen molar-refractivity contribution in [3.05, 3.63) is 17.7 Å². The van der Waals surface area contributed by atoms with Gasteiger partial charge in [0.2, 0.25) is 5.91 Å². The lowest BCUT2D eigenvalue weighted by Gasteiger charge is -2.17. The van der Waals surface area contributed by atoms with Crippen LogP contribution in [0.1, 0.15) is 31.2 Å². The van der Waals surface area contributed by atoms with Gasteiger partial charge in [0, 0.05) is 36.7 Å². The molecule has 0 unspecified atom stereocenters. The Kier molecular flexibility index (Phi) is 6.73. The molecule has 1 amide bonds. The standard InChI is InChI=1S/C18H28N2O4/c1-22-13-10-16(23-2)14(17(11-13)24-3)7-8-20-18(21)9-12-5-4-6-15(12)19/h10-12,15H,4-9,19H2,1-3H3,(H,20,21)/t12-,15+/m0/s1. The molecule has 0 heterocycles. The van der Waals surface area contributed by atoms with Gasteiger partial charge in [-0.3, -0.25) is 4.79 Å². The third kappa shape index (κ3) is 4.54. The molecule has 2 atom stereocenters. The average molecular weight is 336 g/mol. The topological polar surface area (TPSA) is 82.8 Å². The predicted molar refractivity (Wildman–Crippen MR) is 92.7 cm³/mol.